The van der Waals surface area contributed by atoms with Crippen LogP contribution >= 0.6 is 0 Å². The van der Waals surface area contributed by atoms with E-state index in [9.17, 15) is 4.79 Å². The number of hydrogen-bond acceptors (Lipinski definition) is 5. The standard InChI is InChI=1S/C19H28N4O2/c20-18-15(2-1-7-21-18)10-23-11-16(13-3-4-13)17(12-23)22-19(24)14-5-8-25-9-6-14/h1-2,7,13-14,16-17H,3-6,8-12H2,(H2,20,21)(H,22,24). The van der Waals surface area contributed by atoms with E-state index in [0.717, 1.165) is 44.0 Å². The summed E-state index contributed by atoms with van der Waals surface area (Å²) in [6.45, 7) is 4.18. The molecule has 2 unspecified atom stereocenters. The first-order valence-electron chi connectivity index (χ1n) is 9.50. The Labute approximate surface area is 149 Å². The van der Waals surface area contributed by atoms with E-state index in [1.54, 1.807) is 6.20 Å². The van der Waals surface area contributed by atoms with Crippen LogP contribution in [0, 0.1) is 17.8 Å². The zero-order chi connectivity index (χ0) is 17.2. The summed E-state index contributed by atoms with van der Waals surface area (Å²) in [6, 6.07) is 4.24. The number of aromatic nitrogens is 1. The summed E-state index contributed by atoms with van der Waals surface area (Å²) in [5.41, 5.74) is 7.08. The Bertz CT molecular complexity index is 613. The summed E-state index contributed by atoms with van der Waals surface area (Å²) in [6.07, 6.45) is 6.03. The van der Waals surface area contributed by atoms with Gasteiger partial charge in [-0.15, -0.1) is 0 Å². The van der Waals surface area contributed by atoms with Gasteiger partial charge in [-0.2, -0.15) is 0 Å². The van der Waals surface area contributed by atoms with Crippen LogP contribution in [-0.4, -0.2) is 48.1 Å². The normalized spacial score (nSPS) is 28.2. The fourth-order valence-corrected chi connectivity index (χ4v) is 4.28. The minimum Gasteiger partial charge on any atom is -0.383 e. The van der Waals surface area contributed by atoms with Gasteiger partial charge in [-0.05, 0) is 43.6 Å². The zero-order valence-corrected chi connectivity index (χ0v) is 14.7. The minimum absolute atomic E-state index is 0.122. The lowest BCUT2D eigenvalue weighted by atomic mass is 9.95. The molecule has 0 bridgehead atoms. The Morgan fingerprint density at radius 2 is 2.08 bits per heavy atom. The molecule has 1 aromatic rings. The van der Waals surface area contributed by atoms with Crippen molar-refractivity contribution in [2.75, 3.05) is 32.0 Å². The molecule has 3 fully saturated rings. The van der Waals surface area contributed by atoms with Gasteiger partial charge in [0.25, 0.3) is 0 Å². The first kappa shape index (κ1) is 16.8. The summed E-state index contributed by atoms with van der Waals surface area (Å²) < 4.78 is 5.38. The number of rotatable bonds is 5. The average Bonchev–Trinajstić information content (AvgIpc) is 3.40. The van der Waals surface area contributed by atoms with Crippen molar-refractivity contribution in [3.8, 4) is 0 Å². The Morgan fingerprint density at radius 3 is 2.80 bits per heavy atom. The third-order valence-corrected chi connectivity index (χ3v) is 5.91. The van der Waals surface area contributed by atoms with Crippen LogP contribution in [0.3, 0.4) is 0 Å². The number of carbonyl (C=O) groups excluding carboxylic acids is 1. The van der Waals surface area contributed by atoms with Gasteiger partial charge in [0.05, 0.1) is 0 Å². The number of nitrogens with one attached hydrogen (secondary N) is 1. The van der Waals surface area contributed by atoms with Gasteiger partial charge in [-0.25, -0.2) is 4.98 Å². The highest BCUT2D eigenvalue weighted by atomic mass is 16.5. The zero-order valence-electron chi connectivity index (χ0n) is 14.7. The van der Waals surface area contributed by atoms with Crippen molar-refractivity contribution in [2.24, 2.45) is 17.8 Å². The van der Waals surface area contributed by atoms with E-state index >= 15 is 0 Å². The largest absolute Gasteiger partial charge is 0.383 e. The number of carbonyl (C=O) groups is 1. The van der Waals surface area contributed by atoms with Gasteiger partial charge in [-0.3, -0.25) is 9.69 Å². The molecule has 1 saturated carbocycles. The summed E-state index contributed by atoms with van der Waals surface area (Å²) in [7, 11) is 0. The maximum Gasteiger partial charge on any atom is 0.223 e. The number of hydrogen-bond donors (Lipinski definition) is 2. The predicted octanol–water partition coefficient (Wildman–Crippen LogP) is 1.42. The van der Waals surface area contributed by atoms with Gasteiger partial charge in [0.2, 0.25) is 5.91 Å². The average molecular weight is 344 g/mol. The molecule has 136 valence electrons. The van der Waals surface area contributed by atoms with E-state index in [-0.39, 0.29) is 17.9 Å². The van der Waals surface area contributed by atoms with Crippen molar-refractivity contribution in [1.82, 2.24) is 15.2 Å². The molecule has 1 aliphatic carbocycles. The first-order valence-corrected chi connectivity index (χ1v) is 9.50. The van der Waals surface area contributed by atoms with Crippen molar-refractivity contribution < 1.29 is 9.53 Å². The van der Waals surface area contributed by atoms with E-state index in [4.69, 9.17) is 10.5 Å². The van der Waals surface area contributed by atoms with Crippen LogP contribution in [0.1, 0.15) is 31.2 Å². The lowest BCUT2D eigenvalue weighted by Gasteiger charge is -2.25. The maximum absolute atomic E-state index is 12.6. The molecule has 0 aromatic carbocycles. The fraction of sp³-hybridized carbons (Fsp3) is 0.684. The Morgan fingerprint density at radius 1 is 1.28 bits per heavy atom. The number of pyridine rings is 1. The second kappa shape index (κ2) is 7.30. The molecule has 3 aliphatic rings. The van der Waals surface area contributed by atoms with Gasteiger partial charge in [0.15, 0.2) is 0 Å². The van der Waals surface area contributed by atoms with E-state index < -0.39 is 0 Å². The number of nitrogens with zero attached hydrogens (tertiary/aromatic N) is 2. The van der Waals surface area contributed by atoms with E-state index in [0.29, 0.717) is 24.9 Å². The lowest BCUT2D eigenvalue weighted by molar-refractivity contribution is -0.128. The van der Waals surface area contributed by atoms with Gasteiger partial charge >= 0.3 is 0 Å². The Balaban J connectivity index is 1.39. The smallest absolute Gasteiger partial charge is 0.223 e. The topological polar surface area (TPSA) is 80.5 Å². The lowest BCUT2D eigenvalue weighted by Crippen LogP contribution is -2.45. The third kappa shape index (κ3) is 3.96. The van der Waals surface area contributed by atoms with Crippen molar-refractivity contribution in [3.63, 3.8) is 0 Å². The number of likely N-dealkylation sites (tertiary alicyclic amines) is 1. The third-order valence-electron chi connectivity index (χ3n) is 5.91. The van der Waals surface area contributed by atoms with Crippen molar-refractivity contribution >= 4 is 11.7 Å². The molecule has 0 radical (unpaired) electrons. The second-order valence-corrected chi connectivity index (χ2v) is 7.74. The van der Waals surface area contributed by atoms with Crippen LogP contribution in [0.4, 0.5) is 5.82 Å². The van der Waals surface area contributed by atoms with Crippen LogP contribution in [0.15, 0.2) is 18.3 Å². The van der Waals surface area contributed by atoms with Crippen LogP contribution < -0.4 is 11.1 Å². The maximum atomic E-state index is 12.6. The van der Waals surface area contributed by atoms with Gasteiger partial charge in [0, 0.05) is 56.6 Å². The highest BCUT2D eigenvalue weighted by molar-refractivity contribution is 5.79. The monoisotopic (exact) mass is 344 g/mol. The SMILES string of the molecule is Nc1ncccc1CN1CC(NC(=O)C2CCOCC2)C(C2CC2)C1. The van der Waals surface area contributed by atoms with Gasteiger partial charge in [-0.1, -0.05) is 6.07 Å². The quantitative estimate of drug-likeness (QED) is 0.844. The van der Waals surface area contributed by atoms with E-state index in [2.05, 4.69) is 15.2 Å². The molecular formula is C19H28N4O2. The fourth-order valence-electron chi connectivity index (χ4n) is 4.28. The molecule has 4 rings (SSSR count). The molecule has 0 spiro atoms. The molecule has 2 saturated heterocycles. The van der Waals surface area contributed by atoms with Crippen molar-refractivity contribution in [2.45, 2.75) is 38.3 Å². The Kier molecular flexibility index (Phi) is 4.90. The summed E-state index contributed by atoms with van der Waals surface area (Å²) in [5.74, 6) is 2.30. The summed E-state index contributed by atoms with van der Waals surface area (Å²) >= 11 is 0. The van der Waals surface area contributed by atoms with Crippen molar-refractivity contribution in [1.29, 1.82) is 0 Å². The molecule has 2 atom stereocenters. The molecule has 2 aliphatic heterocycles. The van der Waals surface area contributed by atoms with Gasteiger partial charge in [0.1, 0.15) is 5.82 Å². The summed E-state index contributed by atoms with van der Waals surface area (Å²) in [4.78, 5) is 19.3. The second-order valence-electron chi connectivity index (χ2n) is 7.74. The van der Waals surface area contributed by atoms with Crippen LogP contribution in [0.25, 0.3) is 0 Å². The highest BCUT2D eigenvalue weighted by Gasteiger charge is 2.43. The molecule has 6 nitrogen and oxygen atoms in total. The number of nitrogen functional groups attached to an aromatic ring is 1. The van der Waals surface area contributed by atoms with Crippen LogP contribution in [-0.2, 0) is 16.1 Å². The van der Waals surface area contributed by atoms with Crippen LogP contribution in [0.5, 0.6) is 0 Å². The minimum atomic E-state index is 0.122. The molecule has 25 heavy (non-hydrogen) atoms. The molecule has 3 N–H and O–H groups in total. The number of nitrogens with two attached hydrogens (primary N) is 1. The predicted molar refractivity (Wildman–Crippen MR) is 95.6 cm³/mol. The number of amides is 1. The van der Waals surface area contributed by atoms with E-state index in [1.165, 1.54) is 12.8 Å². The number of anilines is 1. The molecule has 1 aromatic heterocycles. The van der Waals surface area contributed by atoms with Crippen LogP contribution in [0.2, 0.25) is 0 Å². The molecule has 3 heterocycles. The molecule has 1 amide bonds. The molecule has 6 heteroatoms. The molecular weight excluding hydrogens is 316 g/mol. The summed E-state index contributed by atoms with van der Waals surface area (Å²) in [5, 5.41) is 3.37. The van der Waals surface area contributed by atoms with Crippen molar-refractivity contribution in [3.05, 3.63) is 23.9 Å². The van der Waals surface area contributed by atoms with E-state index in [1.807, 2.05) is 12.1 Å². The highest BCUT2D eigenvalue weighted by Crippen LogP contribution is 2.42. The first-order chi connectivity index (χ1) is 12.2. The Hall–Kier alpha value is -1.66. The number of ether oxygens (including phenoxy) is 1. The van der Waals surface area contributed by atoms with Gasteiger partial charge < -0.3 is 15.8 Å².